The average Bonchev–Trinajstić information content (AvgIpc) is 3.33. The van der Waals surface area contributed by atoms with Crippen LogP contribution in [0, 0.1) is 0 Å². The summed E-state index contributed by atoms with van der Waals surface area (Å²) in [5.41, 5.74) is 2.05. The fraction of sp³-hybridized carbons (Fsp3) is 0.269. The maximum absolute atomic E-state index is 13.7. The van der Waals surface area contributed by atoms with Crippen molar-refractivity contribution in [2.24, 2.45) is 0 Å². The van der Waals surface area contributed by atoms with Gasteiger partial charge in [0.15, 0.2) is 0 Å². The van der Waals surface area contributed by atoms with Crippen LogP contribution in [0.1, 0.15) is 34.8 Å². The Kier molecular flexibility index (Phi) is 7.12. The molecule has 1 aromatic heterocycles. The lowest BCUT2D eigenvalue weighted by Gasteiger charge is -2.29. The number of aromatic nitrogens is 1. The van der Waals surface area contributed by atoms with E-state index < -0.39 is 24.0 Å². The number of aliphatic carboxylic acids is 1. The van der Waals surface area contributed by atoms with Crippen molar-refractivity contribution in [1.82, 2.24) is 9.88 Å². The molecule has 0 bridgehead atoms. The maximum atomic E-state index is 13.7. The van der Waals surface area contributed by atoms with Gasteiger partial charge >= 0.3 is 5.97 Å². The van der Waals surface area contributed by atoms with Crippen molar-refractivity contribution in [3.63, 3.8) is 0 Å². The van der Waals surface area contributed by atoms with E-state index in [9.17, 15) is 14.7 Å². The number of nitrogens with zero attached hydrogens (tertiary/aromatic N) is 2. The van der Waals surface area contributed by atoms with Crippen LogP contribution in [0.15, 0.2) is 54.7 Å². The summed E-state index contributed by atoms with van der Waals surface area (Å²) in [5, 5.41) is 10.3. The Morgan fingerprint density at radius 1 is 1.00 bits per heavy atom. The molecule has 0 aliphatic carbocycles. The highest BCUT2D eigenvalue weighted by Crippen LogP contribution is 2.41. The number of carbonyl (C=O) groups is 2. The van der Waals surface area contributed by atoms with Crippen molar-refractivity contribution in [3.8, 4) is 28.5 Å². The van der Waals surface area contributed by atoms with Gasteiger partial charge in [-0.25, -0.2) is 4.79 Å². The molecule has 2 aromatic carbocycles. The van der Waals surface area contributed by atoms with E-state index in [1.807, 2.05) is 12.1 Å². The van der Waals surface area contributed by atoms with Crippen molar-refractivity contribution < 1.29 is 28.9 Å². The van der Waals surface area contributed by atoms with Crippen LogP contribution in [0.2, 0.25) is 5.02 Å². The van der Waals surface area contributed by atoms with Crippen molar-refractivity contribution >= 4 is 23.5 Å². The Balaban J connectivity index is 1.74. The van der Waals surface area contributed by atoms with Crippen LogP contribution in [0.5, 0.6) is 17.2 Å². The summed E-state index contributed by atoms with van der Waals surface area (Å²) in [6.07, 6.45) is 2.23. The molecule has 1 aliphatic rings. The second kappa shape index (κ2) is 10.2. The molecule has 35 heavy (non-hydrogen) atoms. The van der Waals surface area contributed by atoms with Gasteiger partial charge in [0.05, 0.1) is 32.9 Å². The van der Waals surface area contributed by atoms with Crippen LogP contribution in [0.25, 0.3) is 11.3 Å². The summed E-state index contributed by atoms with van der Waals surface area (Å²) in [4.78, 5) is 31.5. The Labute approximate surface area is 208 Å². The lowest BCUT2D eigenvalue weighted by Crippen LogP contribution is -2.42. The molecule has 4 rings (SSSR count). The lowest BCUT2D eigenvalue weighted by atomic mass is 10.0. The first-order chi connectivity index (χ1) is 16.9. The number of amides is 1. The van der Waals surface area contributed by atoms with Gasteiger partial charge in [0.1, 0.15) is 29.0 Å². The predicted molar refractivity (Wildman–Crippen MR) is 130 cm³/mol. The Bertz CT molecular complexity index is 1260. The van der Waals surface area contributed by atoms with Gasteiger partial charge in [0.25, 0.3) is 5.91 Å². The largest absolute Gasteiger partial charge is 0.497 e. The number of ether oxygens (including phenoxy) is 3. The summed E-state index contributed by atoms with van der Waals surface area (Å²) in [7, 11) is 4.58. The third kappa shape index (κ3) is 4.61. The minimum absolute atomic E-state index is 0.211. The number of carboxylic acids is 1. The summed E-state index contributed by atoms with van der Waals surface area (Å²) in [6.45, 7) is 0. The summed E-state index contributed by atoms with van der Waals surface area (Å²) < 4.78 is 16.3. The maximum Gasteiger partial charge on any atom is 0.326 e. The quantitative estimate of drug-likeness (QED) is 0.498. The van der Waals surface area contributed by atoms with Gasteiger partial charge in [-0.15, -0.1) is 0 Å². The third-order valence-corrected chi connectivity index (χ3v) is 6.50. The molecular weight excluding hydrogens is 472 g/mol. The molecule has 1 saturated heterocycles. The van der Waals surface area contributed by atoms with Gasteiger partial charge < -0.3 is 24.2 Å². The van der Waals surface area contributed by atoms with E-state index in [1.54, 1.807) is 43.5 Å². The van der Waals surface area contributed by atoms with Gasteiger partial charge in [-0.3, -0.25) is 9.78 Å². The highest BCUT2D eigenvalue weighted by Gasteiger charge is 2.42. The number of hydrogen-bond donors (Lipinski definition) is 1. The number of methoxy groups -OCH3 is 3. The zero-order valence-electron chi connectivity index (χ0n) is 19.5. The summed E-state index contributed by atoms with van der Waals surface area (Å²) >= 11 is 6.40. The number of carbonyl (C=O) groups excluding carboxylic acids is 1. The van der Waals surface area contributed by atoms with E-state index in [0.717, 1.165) is 0 Å². The van der Waals surface area contributed by atoms with Gasteiger partial charge in [-0.1, -0.05) is 29.8 Å². The van der Waals surface area contributed by atoms with Gasteiger partial charge in [0, 0.05) is 22.8 Å². The molecule has 1 N–H and O–H groups in total. The molecule has 9 heteroatoms. The van der Waals surface area contributed by atoms with Gasteiger partial charge in [-0.05, 0) is 42.7 Å². The van der Waals surface area contributed by atoms with Crippen LogP contribution in [-0.2, 0) is 4.79 Å². The predicted octanol–water partition coefficient (Wildman–Crippen LogP) is 4.86. The molecule has 1 fully saturated rings. The van der Waals surface area contributed by atoms with E-state index >= 15 is 0 Å². The van der Waals surface area contributed by atoms with Crippen LogP contribution < -0.4 is 14.2 Å². The molecule has 2 atom stereocenters. The topological polar surface area (TPSA) is 98.2 Å². The number of halogens is 1. The molecule has 1 amide bonds. The van der Waals surface area contributed by atoms with Crippen LogP contribution in [0.3, 0.4) is 0 Å². The Hall–Kier alpha value is -3.78. The number of benzene rings is 2. The van der Waals surface area contributed by atoms with Crippen LogP contribution in [0.4, 0.5) is 0 Å². The number of likely N-dealkylation sites (tertiary alicyclic amines) is 1. The molecule has 1 unspecified atom stereocenters. The van der Waals surface area contributed by atoms with Crippen molar-refractivity contribution in [2.75, 3.05) is 21.3 Å². The van der Waals surface area contributed by atoms with Crippen LogP contribution in [-0.4, -0.2) is 54.2 Å². The van der Waals surface area contributed by atoms with E-state index in [-0.39, 0.29) is 5.56 Å². The number of rotatable bonds is 7. The standard InChI is InChI=1S/C26H25ClN2O6/c1-33-16-8-9-18(22(13-16)34-2)24-23(35-3)12-15(14-28-24)25(30)29-20(10-11-21(29)26(31)32)17-6-4-5-7-19(17)27/h4-9,12-14,20-21H,10-11H2,1-3H3,(H,31,32)/t20?,21-/m0/s1. The fourth-order valence-electron chi connectivity index (χ4n) is 4.45. The first kappa shape index (κ1) is 24.3. The normalized spacial score (nSPS) is 17.2. The minimum atomic E-state index is -1.06. The minimum Gasteiger partial charge on any atom is -0.497 e. The molecule has 182 valence electrons. The molecule has 3 aromatic rings. The highest BCUT2D eigenvalue weighted by atomic mass is 35.5. The summed E-state index contributed by atoms with van der Waals surface area (Å²) in [5.74, 6) is -0.0276. The second-order valence-corrected chi connectivity index (χ2v) is 8.43. The Morgan fingerprint density at radius 3 is 2.40 bits per heavy atom. The van der Waals surface area contributed by atoms with Gasteiger partial charge in [0.2, 0.25) is 0 Å². The SMILES string of the molecule is COc1ccc(-c2ncc(C(=O)N3C(c4ccccc4Cl)CC[C@H]3C(=O)O)cc2OC)c(OC)c1. The molecule has 8 nitrogen and oxygen atoms in total. The first-order valence-electron chi connectivity index (χ1n) is 11.0. The molecular formula is C26H25ClN2O6. The molecule has 1 aliphatic heterocycles. The van der Waals surface area contributed by atoms with E-state index in [4.69, 9.17) is 25.8 Å². The summed E-state index contributed by atoms with van der Waals surface area (Å²) in [6, 6.07) is 12.6. The first-order valence-corrected chi connectivity index (χ1v) is 11.3. The number of carboxylic acid groups (broad SMARTS) is 1. The molecule has 0 spiro atoms. The highest BCUT2D eigenvalue weighted by molar-refractivity contribution is 6.31. The van der Waals surface area contributed by atoms with E-state index in [1.165, 1.54) is 25.3 Å². The fourth-order valence-corrected chi connectivity index (χ4v) is 4.71. The third-order valence-electron chi connectivity index (χ3n) is 6.15. The van der Waals surface area contributed by atoms with E-state index in [0.29, 0.717) is 51.9 Å². The average molecular weight is 497 g/mol. The molecule has 2 heterocycles. The molecule has 0 radical (unpaired) electrons. The second-order valence-electron chi connectivity index (χ2n) is 8.02. The van der Waals surface area contributed by atoms with Crippen LogP contribution >= 0.6 is 11.6 Å². The van der Waals surface area contributed by atoms with Crippen molar-refractivity contribution in [1.29, 1.82) is 0 Å². The number of pyridine rings is 1. The zero-order valence-corrected chi connectivity index (χ0v) is 20.3. The Morgan fingerprint density at radius 2 is 1.74 bits per heavy atom. The smallest absolute Gasteiger partial charge is 0.326 e. The lowest BCUT2D eigenvalue weighted by molar-refractivity contribution is -0.141. The van der Waals surface area contributed by atoms with Gasteiger partial charge in [-0.2, -0.15) is 0 Å². The van der Waals surface area contributed by atoms with Crippen molar-refractivity contribution in [3.05, 3.63) is 70.9 Å². The molecule has 0 saturated carbocycles. The van der Waals surface area contributed by atoms with Crippen molar-refractivity contribution in [2.45, 2.75) is 24.9 Å². The monoisotopic (exact) mass is 496 g/mol. The number of hydrogen-bond acceptors (Lipinski definition) is 6. The zero-order chi connectivity index (χ0) is 25.1. The van der Waals surface area contributed by atoms with E-state index in [2.05, 4.69) is 4.98 Å².